The van der Waals surface area contributed by atoms with Gasteiger partial charge >= 0.3 is 0 Å². The third-order valence-electron chi connectivity index (χ3n) is 2.44. The number of unbranched alkanes of at least 4 members (excludes halogenated alkanes) is 2. The third-order valence-corrected chi connectivity index (χ3v) is 3.45. The number of anilines is 1. The minimum Gasteiger partial charge on any atom is -0.385 e. The molecule has 0 unspecified atom stereocenters. The van der Waals surface area contributed by atoms with Crippen molar-refractivity contribution in [1.29, 1.82) is 5.26 Å². The lowest BCUT2D eigenvalue weighted by atomic mass is 10.2. The van der Waals surface area contributed by atoms with Crippen LogP contribution in [0.4, 0.5) is 5.69 Å². The summed E-state index contributed by atoms with van der Waals surface area (Å²) in [6.07, 6.45) is 5.82. The van der Waals surface area contributed by atoms with Gasteiger partial charge in [0.2, 0.25) is 0 Å². The SMILES string of the molecule is CSCCCCCNc1ccc(C#N)c(Cl)c1. The maximum Gasteiger partial charge on any atom is 0.101 e. The van der Waals surface area contributed by atoms with E-state index in [1.807, 2.05) is 23.9 Å². The van der Waals surface area contributed by atoms with Crippen molar-refractivity contribution >= 4 is 29.1 Å². The summed E-state index contributed by atoms with van der Waals surface area (Å²) in [7, 11) is 0. The minimum atomic E-state index is 0.514. The van der Waals surface area contributed by atoms with Gasteiger partial charge in [-0.2, -0.15) is 17.0 Å². The Morgan fingerprint density at radius 3 is 2.82 bits per heavy atom. The molecule has 0 heterocycles. The number of hydrogen-bond donors (Lipinski definition) is 1. The average Bonchev–Trinajstić information content (AvgIpc) is 2.34. The lowest BCUT2D eigenvalue weighted by Crippen LogP contribution is -2.01. The number of nitrogens with zero attached hydrogens (tertiary/aromatic N) is 1. The molecule has 0 saturated carbocycles. The number of nitrogens with one attached hydrogen (secondary N) is 1. The monoisotopic (exact) mass is 268 g/mol. The number of benzene rings is 1. The van der Waals surface area contributed by atoms with E-state index in [0.717, 1.165) is 18.7 Å². The van der Waals surface area contributed by atoms with E-state index in [1.165, 1.54) is 18.6 Å². The molecule has 0 bridgehead atoms. The molecular weight excluding hydrogens is 252 g/mol. The summed E-state index contributed by atoms with van der Waals surface area (Å²) >= 11 is 7.84. The first-order valence-electron chi connectivity index (χ1n) is 5.70. The van der Waals surface area contributed by atoms with Crippen molar-refractivity contribution in [2.75, 3.05) is 23.9 Å². The van der Waals surface area contributed by atoms with Gasteiger partial charge in [-0.3, -0.25) is 0 Å². The van der Waals surface area contributed by atoms with E-state index in [1.54, 1.807) is 6.07 Å². The maximum atomic E-state index is 8.75. The summed E-state index contributed by atoms with van der Waals surface area (Å²) in [5.74, 6) is 1.24. The zero-order valence-electron chi connectivity index (χ0n) is 10.0. The predicted octanol–water partition coefficient (Wildman–Crippen LogP) is 4.16. The van der Waals surface area contributed by atoms with Gasteiger partial charge in [0.1, 0.15) is 6.07 Å². The second-order valence-electron chi connectivity index (χ2n) is 3.79. The van der Waals surface area contributed by atoms with Gasteiger partial charge in [-0.25, -0.2) is 0 Å². The summed E-state index contributed by atoms with van der Waals surface area (Å²) < 4.78 is 0. The van der Waals surface area contributed by atoms with E-state index in [-0.39, 0.29) is 0 Å². The summed E-state index contributed by atoms with van der Waals surface area (Å²) in [5, 5.41) is 12.6. The fraction of sp³-hybridized carbons (Fsp3) is 0.462. The topological polar surface area (TPSA) is 35.8 Å². The zero-order chi connectivity index (χ0) is 12.5. The van der Waals surface area contributed by atoms with E-state index in [2.05, 4.69) is 17.6 Å². The summed E-state index contributed by atoms with van der Waals surface area (Å²) in [5.41, 5.74) is 1.51. The van der Waals surface area contributed by atoms with E-state index in [9.17, 15) is 0 Å². The molecule has 0 aliphatic heterocycles. The van der Waals surface area contributed by atoms with Crippen molar-refractivity contribution in [3.63, 3.8) is 0 Å². The lowest BCUT2D eigenvalue weighted by molar-refractivity contribution is 0.750. The molecule has 0 saturated heterocycles. The number of rotatable bonds is 7. The zero-order valence-corrected chi connectivity index (χ0v) is 11.6. The van der Waals surface area contributed by atoms with Crippen LogP contribution in [0.5, 0.6) is 0 Å². The summed E-state index contributed by atoms with van der Waals surface area (Å²) in [4.78, 5) is 0. The van der Waals surface area contributed by atoms with Crippen LogP contribution < -0.4 is 5.32 Å². The normalized spacial score (nSPS) is 9.94. The summed E-state index contributed by atoms with van der Waals surface area (Å²) in [6, 6.07) is 7.50. The van der Waals surface area contributed by atoms with Gasteiger partial charge in [-0.05, 0) is 43.0 Å². The molecule has 1 N–H and O–H groups in total. The Hall–Kier alpha value is -0.850. The molecule has 17 heavy (non-hydrogen) atoms. The van der Waals surface area contributed by atoms with Crippen molar-refractivity contribution in [3.8, 4) is 6.07 Å². The standard InChI is InChI=1S/C13H17ClN2S/c1-17-8-4-2-3-7-16-12-6-5-11(10-15)13(14)9-12/h5-6,9,16H,2-4,7-8H2,1H3. The van der Waals surface area contributed by atoms with E-state index in [0.29, 0.717) is 10.6 Å². The second kappa shape index (κ2) is 8.27. The molecule has 0 aliphatic rings. The molecule has 0 spiro atoms. The van der Waals surface area contributed by atoms with E-state index in [4.69, 9.17) is 16.9 Å². The minimum absolute atomic E-state index is 0.514. The Morgan fingerprint density at radius 1 is 1.35 bits per heavy atom. The predicted molar refractivity (Wildman–Crippen MR) is 76.9 cm³/mol. The van der Waals surface area contributed by atoms with Crippen LogP contribution in [-0.2, 0) is 0 Å². The maximum absolute atomic E-state index is 8.75. The molecule has 0 aliphatic carbocycles. The number of hydrogen-bond acceptors (Lipinski definition) is 3. The highest BCUT2D eigenvalue weighted by atomic mass is 35.5. The van der Waals surface area contributed by atoms with Crippen molar-refractivity contribution in [3.05, 3.63) is 28.8 Å². The Labute approximate surface area is 112 Å². The number of thioether (sulfide) groups is 1. The Morgan fingerprint density at radius 2 is 2.18 bits per heavy atom. The lowest BCUT2D eigenvalue weighted by Gasteiger charge is -2.07. The van der Waals surface area contributed by atoms with Crippen molar-refractivity contribution in [1.82, 2.24) is 0 Å². The highest BCUT2D eigenvalue weighted by Crippen LogP contribution is 2.20. The van der Waals surface area contributed by atoms with Gasteiger partial charge < -0.3 is 5.32 Å². The van der Waals surface area contributed by atoms with E-state index < -0.39 is 0 Å². The molecule has 0 amide bonds. The van der Waals surface area contributed by atoms with Crippen LogP contribution in [-0.4, -0.2) is 18.6 Å². The fourth-order valence-corrected chi connectivity index (χ4v) is 2.21. The Kier molecular flexibility index (Phi) is 6.91. The molecule has 1 aromatic rings. The van der Waals surface area contributed by atoms with Crippen molar-refractivity contribution in [2.24, 2.45) is 0 Å². The van der Waals surface area contributed by atoms with Gasteiger partial charge in [0.25, 0.3) is 0 Å². The van der Waals surface area contributed by atoms with Crippen LogP contribution in [0.2, 0.25) is 5.02 Å². The van der Waals surface area contributed by atoms with Crippen LogP contribution in [0.25, 0.3) is 0 Å². The van der Waals surface area contributed by atoms with Crippen LogP contribution in [0.1, 0.15) is 24.8 Å². The van der Waals surface area contributed by atoms with Crippen LogP contribution in [0.15, 0.2) is 18.2 Å². The molecule has 0 aromatic heterocycles. The van der Waals surface area contributed by atoms with Crippen LogP contribution in [0, 0.1) is 11.3 Å². The quantitative estimate of drug-likeness (QED) is 0.755. The first kappa shape index (κ1) is 14.2. The summed E-state index contributed by atoms with van der Waals surface area (Å²) in [6.45, 7) is 0.955. The molecule has 0 radical (unpaired) electrons. The second-order valence-corrected chi connectivity index (χ2v) is 5.18. The Balaban J connectivity index is 2.28. The van der Waals surface area contributed by atoms with Gasteiger partial charge in [0.05, 0.1) is 10.6 Å². The van der Waals surface area contributed by atoms with Crippen molar-refractivity contribution < 1.29 is 0 Å². The Bertz CT molecular complexity index is 387. The van der Waals surface area contributed by atoms with Crippen molar-refractivity contribution in [2.45, 2.75) is 19.3 Å². The molecular formula is C13H17ClN2S. The average molecular weight is 269 g/mol. The molecule has 1 aromatic carbocycles. The molecule has 0 fully saturated rings. The molecule has 1 rings (SSSR count). The molecule has 2 nitrogen and oxygen atoms in total. The van der Waals surface area contributed by atoms with Crippen LogP contribution >= 0.6 is 23.4 Å². The highest BCUT2D eigenvalue weighted by molar-refractivity contribution is 7.98. The molecule has 4 heteroatoms. The smallest absolute Gasteiger partial charge is 0.101 e. The van der Waals surface area contributed by atoms with E-state index >= 15 is 0 Å². The first-order valence-corrected chi connectivity index (χ1v) is 7.47. The highest BCUT2D eigenvalue weighted by Gasteiger charge is 2.00. The largest absolute Gasteiger partial charge is 0.385 e. The van der Waals surface area contributed by atoms with Crippen LogP contribution in [0.3, 0.4) is 0 Å². The number of nitriles is 1. The molecule has 92 valence electrons. The number of halogens is 1. The molecule has 0 atom stereocenters. The van der Waals surface area contributed by atoms with Gasteiger partial charge in [0, 0.05) is 12.2 Å². The fourth-order valence-electron chi connectivity index (χ4n) is 1.50. The van der Waals surface area contributed by atoms with Gasteiger partial charge in [-0.1, -0.05) is 18.0 Å². The van der Waals surface area contributed by atoms with Gasteiger partial charge in [-0.15, -0.1) is 0 Å². The third kappa shape index (κ3) is 5.34. The first-order chi connectivity index (χ1) is 8.27. The van der Waals surface area contributed by atoms with Gasteiger partial charge in [0.15, 0.2) is 0 Å².